The van der Waals surface area contributed by atoms with Gasteiger partial charge in [-0.1, -0.05) is 0 Å². The molecule has 0 bridgehead atoms. The van der Waals surface area contributed by atoms with Gasteiger partial charge in [-0.3, -0.25) is 4.79 Å². The van der Waals surface area contributed by atoms with Gasteiger partial charge in [-0.25, -0.2) is 0 Å². The van der Waals surface area contributed by atoms with Crippen molar-refractivity contribution in [1.29, 1.82) is 0 Å². The molecule has 0 radical (unpaired) electrons. The number of carboxylic acids is 1. The van der Waals surface area contributed by atoms with Gasteiger partial charge in [-0.05, 0) is 6.42 Å². The summed E-state index contributed by atoms with van der Waals surface area (Å²) in [7, 11) is 0. The first-order chi connectivity index (χ1) is 4.68. The summed E-state index contributed by atoms with van der Waals surface area (Å²) in [5.41, 5.74) is 5.55. The molecular formula is C6H12N2O2. The summed E-state index contributed by atoms with van der Waals surface area (Å²) < 4.78 is 0. The smallest absolute Gasteiger partial charge is 0.304 e. The molecule has 2 atom stereocenters. The van der Waals surface area contributed by atoms with Crippen molar-refractivity contribution in [2.24, 2.45) is 5.73 Å². The highest BCUT2D eigenvalue weighted by Gasteiger charge is 2.22. The van der Waals surface area contributed by atoms with E-state index < -0.39 is 5.97 Å². The molecule has 0 aromatic rings. The molecule has 0 saturated carbocycles. The van der Waals surface area contributed by atoms with Crippen LogP contribution >= 0.6 is 0 Å². The molecular weight excluding hydrogens is 132 g/mol. The number of hydrogen-bond acceptors (Lipinski definition) is 3. The van der Waals surface area contributed by atoms with Gasteiger partial charge in [0.1, 0.15) is 0 Å². The molecule has 4 nitrogen and oxygen atoms in total. The predicted molar refractivity (Wildman–Crippen MR) is 36.6 cm³/mol. The summed E-state index contributed by atoms with van der Waals surface area (Å²) in [4.78, 5) is 10.2. The van der Waals surface area contributed by atoms with Crippen molar-refractivity contribution in [3.05, 3.63) is 0 Å². The Labute approximate surface area is 59.4 Å². The fraction of sp³-hybridized carbons (Fsp3) is 0.833. The Morgan fingerprint density at radius 2 is 2.50 bits per heavy atom. The van der Waals surface area contributed by atoms with Crippen molar-refractivity contribution < 1.29 is 9.90 Å². The van der Waals surface area contributed by atoms with E-state index in [1.54, 1.807) is 0 Å². The second-order valence-corrected chi connectivity index (χ2v) is 2.70. The Hall–Kier alpha value is -0.610. The lowest BCUT2D eigenvalue weighted by Crippen LogP contribution is -2.24. The lowest BCUT2D eigenvalue weighted by atomic mass is 10.1. The van der Waals surface area contributed by atoms with Crippen LogP contribution in [0.5, 0.6) is 0 Å². The molecule has 0 amide bonds. The van der Waals surface area contributed by atoms with Crippen LogP contribution < -0.4 is 11.1 Å². The average molecular weight is 144 g/mol. The van der Waals surface area contributed by atoms with Crippen LogP contribution in [-0.4, -0.2) is 29.7 Å². The van der Waals surface area contributed by atoms with E-state index in [4.69, 9.17) is 10.8 Å². The first-order valence-corrected chi connectivity index (χ1v) is 3.39. The highest BCUT2D eigenvalue weighted by molar-refractivity contribution is 5.67. The lowest BCUT2D eigenvalue weighted by Gasteiger charge is -2.04. The Bertz CT molecular complexity index is 138. The van der Waals surface area contributed by atoms with E-state index in [-0.39, 0.29) is 18.5 Å². The molecule has 1 heterocycles. The Kier molecular flexibility index (Phi) is 2.24. The predicted octanol–water partition coefficient (Wildman–Crippen LogP) is -0.850. The zero-order valence-corrected chi connectivity index (χ0v) is 5.71. The number of nitrogens with one attached hydrogen (secondary N) is 1. The minimum atomic E-state index is -0.758. The van der Waals surface area contributed by atoms with Crippen LogP contribution in [0.15, 0.2) is 0 Å². The third-order valence-electron chi connectivity index (χ3n) is 1.68. The van der Waals surface area contributed by atoms with E-state index >= 15 is 0 Å². The van der Waals surface area contributed by atoms with Crippen LogP contribution in [0.2, 0.25) is 0 Å². The molecule has 1 aliphatic heterocycles. The van der Waals surface area contributed by atoms with E-state index in [2.05, 4.69) is 5.32 Å². The van der Waals surface area contributed by atoms with Gasteiger partial charge >= 0.3 is 5.97 Å². The minimum absolute atomic E-state index is 0.0903. The highest BCUT2D eigenvalue weighted by Crippen LogP contribution is 2.07. The molecule has 0 aromatic heterocycles. The van der Waals surface area contributed by atoms with Crippen molar-refractivity contribution in [3.63, 3.8) is 0 Å². The summed E-state index contributed by atoms with van der Waals surface area (Å²) in [5, 5.41) is 11.4. The summed E-state index contributed by atoms with van der Waals surface area (Å²) in [6, 6.07) is 0.233. The van der Waals surface area contributed by atoms with Crippen LogP contribution in [0.1, 0.15) is 12.8 Å². The zero-order chi connectivity index (χ0) is 7.56. The molecule has 58 valence electrons. The molecule has 1 aliphatic rings. The van der Waals surface area contributed by atoms with E-state index in [0.29, 0.717) is 0 Å². The Balaban J connectivity index is 2.24. The molecule has 4 N–H and O–H groups in total. The number of carbonyl (C=O) groups is 1. The van der Waals surface area contributed by atoms with Crippen molar-refractivity contribution in [2.75, 3.05) is 6.54 Å². The zero-order valence-electron chi connectivity index (χ0n) is 5.71. The maximum Gasteiger partial charge on any atom is 0.304 e. The molecule has 0 spiro atoms. The number of rotatable bonds is 2. The molecule has 0 unspecified atom stereocenters. The van der Waals surface area contributed by atoms with Gasteiger partial charge in [-0.2, -0.15) is 0 Å². The molecule has 0 aromatic carbocycles. The van der Waals surface area contributed by atoms with Crippen LogP contribution in [0, 0.1) is 0 Å². The van der Waals surface area contributed by atoms with Gasteiger partial charge in [-0.15, -0.1) is 0 Å². The Morgan fingerprint density at radius 1 is 1.80 bits per heavy atom. The van der Waals surface area contributed by atoms with Crippen molar-refractivity contribution in [1.82, 2.24) is 5.32 Å². The molecule has 4 heteroatoms. The molecule has 10 heavy (non-hydrogen) atoms. The third-order valence-corrected chi connectivity index (χ3v) is 1.68. The summed E-state index contributed by atoms with van der Waals surface area (Å²) in [6.07, 6.45) is 0.972. The largest absolute Gasteiger partial charge is 0.481 e. The van der Waals surface area contributed by atoms with Crippen molar-refractivity contribution in [2.45, 2.75) is 24.9 Å². The van der Waals surface area contributed by atoms with Gasteiger partial charge in [0.15, 0.2) is 0 Å². The number of carboxylic acid groups (broad SMARTS) is 1. The molecule has 1 rings (SSSR count). The number of aliphatic carboxylic acids is 1. The van der Waals surface area contributed by atoms with Gasteiger partial charge in [0.05, 0.1) is 6.42 Å². The minimum Gasteiger partial charge on any atom is -0.481 e. The maximum atomic E-state index is 10.2. The first-order valence-electron chi connectivity index (χ1n) is 3.39. The number of nitrogens with two attached hydrogens (primary N) is 1. The fourth-order valence-electron chi connectivity index (χ4n) is 1.22. The molecule has 0 aliphatic carbocycles. The van der Waals surface area contributed by atoms with E-state index in [9.17, 15) is 4.79 Å². The normalized spacial score (nSPS) is 32.5. The quantitative estimate of drug-likeness (QED) is 0.472. The monoisotopic (exact) mass is 144 g/mol. The van der Waals surface area contributed by atoms with E-state index in [1.165, 1.54) is 0 Å². The summed E-state index contributed by atoms with van der Waals surface area (Å²) in [5.74, 6) is -0.758. The van der Waals surface area contributed by atoms with E-state index in [1.807, 2.05) is 0 Å². The molecule has 1 fully saturated rings. The average Bonchev–Trinajstić information content (AvgIpc) is 2.13. The second kappa shape index (κ2) is 2.98. The van der Waals surface area contributed by atoms with Crippen molar-refractivity contribution in [3.8, 4) is 0 Å². The van der Waals surface area contributed by atoms with Crippen LogP contribution in [0.3, 0.4) is 0 Å². The van der Waals surface area contributed by atoms with Gasteiger partial charge in [0.2, 0.25) is 0 Å². The van der Waals surface area contributed by atoms with Gasteiger partial charge in [0, 0.05) is 18.6 Å². The highest BCUT2D eigenvalue weighted by atomic mass is 16.4. The van der Waals surface area contributed by atoms with Crippen LogP contribution in [-0.2, 0) is 4.79 Å². The SMILES string of the molecule is N[C@H]1CN[C@H](CC(=O)O)C1. The van der Waals surface area contributed by atoms with Crippen molar-refractivity contribution >= 4 is 5.97 Å². The van der Waals surface area contributed by atoms with Crippen LogP contribution in [0.25, 0.3) is 0 Å². The standard InChI is InChI=1S/C6H12N2O2/c7-4-1-5(8-3-4)2-6(9)10/h4-5,8H,1-3,7H2,(H,9,10)/t4-,5+/m1/s1. The fourth-order valence-corrected chi connectivity index (χ4v) is 1.22. The van der Waals surface area contributed by atoms with Crippen LogP contribution in [0.4, 0.5) is 0 Å². The number of hydrogen-bond donors (Lipinski definition) is 3. The first kappa shape index (κ1) is 7.50. The van der Waals surface area contributed by atoms with Gasteiger partial charge in [0.25, 0.3) is 0 Å². The third kappa shape index (κ3) is 1.97. The lowest BCUT2D eigenvalue weighted by molar-refractivity contribution is -0.137. The topological polar surface area (TPSA) is 75.3 Å². The maximum absolute atomic E-state index is 10.2. The summed E-state index contributed by atoms with van der Waals surface area (Å²) >= 11 is 0. The Morgan fingerprint density at radius 3 is 2.90 bits per heavy atom. The summed E-state index contributed by atoms with van der Waals surface area (Å²) in [6.45, 7) is 0.748. The van der Waals surface area contributed by atoms with E-state index in [0.717, 1.165) is 13.0 Å². The van der Waals surface area contributed by atoms with Gasteiger partial charge < -0.3 is 16.2 Å². The molecule has 1 saturated heterocycles. The second-order valence-electron chi connectivity index (χ2n) is 2.70.